The van der Waals surface area contributed by atoms with Crippen molar-refractivity contribution in [1.29, 1.82) is 0 Å². The van der Waals surface area contributed by atoms with E-state index in [9.17, 15) is 0 Å². The zero-order valence-corrected chi connectivity index (χ0v) is 6.11. The van der Waals surface area contributed by atoms with E-state index in [4.69, 9.17) is 13.9 Å². The monoisotopic (exact) mass is 135 g/mol. The molecule has 0 fully saturated rings. The molecule has 32 valence electrons. The SMILES string of the molecule is O=S([O-])CO.[Ca+2]. The summed E-state index contributed by atoms with van der Waals surface area (Å²) in [4.78, 5) is 0. The van der Waals surface area contributed by atoms with Gasteiger partial charge in [0.25, 0.3) is 0 Å². The fourth-order valence-electron chi connectivity index (χ4n) is 0. The predicted octanol–water partition coefficient (Wildman–Crippen LogP) is -1.57. The molecule has 0 bridgehead atoms. The summed E-state index contributed by atoms with van der Waals surface area (Å²) in [6.07, 6.45) is 0. The molecule has 0 radical (unpaired) electrons. The van der Waals surface area contributed by atoms with Crippen molar-refractivity contribution in [3.63, 3.8) is 0 Å². The molecule has 0 aromatic heterocycles. The van der Waals surface area contributed by atoms with Crippen LogP contribution in [0.4, 0.5) is 0 Å². The minimum Gasteiger partial charge on any atom is -0.771 e. The molecular weight excluding hydrogens is 132 g/mol. The molecule has 0 heterocycles. The van der Waals surface area contributed by atoms with E-state index in [0.29, 0.717) is 0 Å². The van der Waals surface area contributed by atoms with Gasteiger partial charge in [-0.2, -0.15) is 0 Å². The number of aliphatic hydroxyl groups is 1. The molecule has 5 heteroatoms. The van der Waals surface area contributed by atoms with Crippen LogP contribution in [0.1, 0.15) is 0 Å². The van der Waals surface area contributed by atoms with Crippen LogP contribution in [0, 0.1) is 0 Å². The average molecular weight is 135 g/mol. The van der Waals surface area contributed by atoms with Crippen LogP contribution in [0.5, 0.6) is 0 Å². The summed E-state index contributed by atoms with van der Waals surface area (Å²) in [6, 6.07) is 0. The van der Waals surface area contributed by atoms with E-state index < -0.39 is 17.0 Å². The number of rotatable bonds is 1. The van der Waals surface area contributed by atoms with Gasteiger partial charge in [0.2, 0.25) is 0 Å². The molecule has 0 saturated carbocycles. The van der Waals surface area contributed by atoms with Crippen molar-refractivity contribution in [2.45, 2.75) is 0 Å². The van der Waals surface area contributed by atoms with Crippen LogP contribution in [0.15, 0.2) is 0 Å². The zero-order valence-electron chi connectivity index (χ0n) is 3.09. The Morgan fingerprint density at radius 1 is 1.83 bits per heavy atom. The van der Waals surface area contributed by atoms with Crippen molar-refractivity contribution in [1.82, 2.24) is 0 Å². The largest absolute Gasteiger partial charge is 2.00 e. The normalized spacial score (nSPS) is 12.3. The molecule has 3 nitrogen and oxygen atoms in total. The van der Waals surface area contributed by atoms with Gasteiger partial charge in [0.05, 0.1) is 0 Å². The van der Waals surface area contributed by atoms with E-state index in [0.717, 1.165) is 0 Å². The van der Waals surface area contributed by atoms with Crippen LogP contribution in [0.3, 0.4) is 0 Å². The molecule has 0 aliphatic heterocycles. The molecule has 0 rings (SSSR count). The summed E-state index contributed by atoms with van der Waals surface area (Å²) < 4.78 is 18.2. The Labute approximate surface area is 68.0 Å². The van der Waals surface area contributed by atoms with Crippen LogP contribution < -0.4 is 0 Å². The van der Waals surface area contributed by atoms with Gasteiger partial charge in [-0.25, -0.2) is 0 Å². The third-order valence-electron chi connectivity index (χ3n) is 0.105. The van der Waals surface area contributed by atoms with Gasteiger partial charge in [-0.05, 0) is 11.1 Å². The maximum atomic E-state index is 9.12. The quantitative estimate of drug-likeness (QED) is 0.349. The third-order valence-corrected chi connectivity index (χ3v) is 0.316. The van der Waals surface area contributed by atoms with Crippen molar-refractivity contribution in [3.8, 4) is 0 Å². The standard InChI is InChI=1S/CH4O3S.Ca/c2-1-5(3)4;/h2H,1H2,(H,3,4);/q;+2/p-1. The molecule has 6 heavy (non-hydrogen) atoms. The fourth-order valence-corrected chi connectivity index (χ4v) is 0. The van der Waals surface area contributed by atoms with Gasteiger partial charge in [-0.1, -0.05) is 0 Å². The van der Waals surface area contributed by atoms with Crippen LogP contribution in [0.2, 0.25) is 0 Å². The zero-order chi connectivity index (χ0) is 4.28. The van der Waals surface area contributed by atoms with E-state index in [1.807, 2.05) is 0 Å². The molecule has 0 saturated heterocycles. The van der Waals surface area contributed by atoms with Gasteiger partial charge >= 0.3 is 37.7 Å². The Bertz CT molecular complexity index is 46.1. The average Bonchev–Trinajstić information content (AvgIpc) is 1.38. The minimum atomic E-state index is -2.27. The third kappa shape index (κ3) is 9.01. The van der Waals surface area contributed by atoms with Gasteiger partial charge in [0.15, 0.2) is 0 Å². The summed E-state index contributed by atoms with van der Waals surface area (Å²) in [6.45, 7) is 0. The number of hydrogen-bond donors (Lipinski definition) is 1. The first-order valence-electron chi connectivity index (χ1n) is 0.938. The van der Waals surface area contributed by atoms with Crippen LogP contribution in [0.25, 0.3) is 0 Å². The van der Waals surface area contributed by atoms with Gasteiger partial charge in [-0.3, -0.25) is 4.21 Å². The summed E-state index contributed by atoms with van der Waals surface area (Å²) in [7, 11) is 0. The molecular formula is CH3CaO3S+. The van der Waals surface area contributed by atoms with Gasteiger partial charge in [-0.15, -0.1) is 0 Å². The Morgan fingerprint density at radius 3 is 2.00 bits per heavy atom. The van der Waals surface area contributed by atoms with Gasteiger partial charge in [0, 0.05) is 0 Å². The Kier molecular flexibility index (Phi) is 10.9. The van der Waals surface area contributed by atoms with Crippen molar-refractivity contribution in [2.24, 2.45) is 0 Å². The smallest absolute Gasteiger partial charge is 0.771 e. The Balaban J connectivity index is 0. The van der Waals surface area contributed by atoms with Crippen LogP contribution in [-0.2, 0) is 11.1 Å². The first-order valence-corrected chi connectivity index (χ1v) is 2.18. The van der Waals surface area contributed by atoms with E-state index in [2.05, 4.69) is 0 Å². The molecule has 0 aliphatic carbocycles. The van der Waals surface area contributed by atoms with Crippen molar-refractivity contribution < 1.29 is 13.9 Å². The second-order valence-corrected chi connectivity index (χ2v) is 1.30. The molecule has 0 aromatic carbocycles. The molecule has 1 N–H and O–H groups in total. The fraction of sp³-hybridized carbons (Fsp3) is 1.00. The molecule has 1 atom stereocenters. The van der Waals surface area contributed by atoms with Gasteiger partial charge in [0.1, 0.15) is 5.94 Å². The van der Waals surface area contributed by atoms with E-state index in [1.165, 1.54) is 0 Å². The Morgan fingerprint density at radius 2 is 2.00 bits per heavy atom. The summed E-state index contributed by atoms with van der Waals surface area (Å²) in [5.41, 5.74) is 0. The summed E-state index contributed by atoms with van der Waals surface area (Å²) in [5.74, 6) is -0.778. The molecule has 0 spiro atoms. The maximum absolute atomic E-state index is 9.12. The number of hydrogen-bond acceptors (Lipinski definition) is 3. The second-order valence-electron chi connectivity index (χ2n) is 0.433. The van der Waals surface area contributed by atoms with E-state index in [1.54, 1.807) is 0 Å². The maximum Gasteiger partial charge on any atom is 2.00 e. The van der Waals surface area contributed by atoms with Gasteiger partial charge < -0.3 is 9.66 Å². The van der Waals surface area contributed by atoms with E-state index in [-0.39, 0.29) is 37.7 Å². The Hall–Kier alpha value is 1.33. The second kappa shape index (κ2) is 6.33. The first kappa shape index (κ1) is 10.3. The van der Waals surface area contributed by atoms with Crippen LogP contribution >= 0.6 is 0 Å². The van der Waals surface area contributed by atoms with Crippen molar-refractivity contribution in [2.75, 3.05) is 5.94 Å². The van der Waals surface area contributed by atoms with Crippen molar-refractivity contribution in [3.05, 3.63) is 0 Å². The van der Waals surface area contributed by atoms with E-state index >= 15 is 0 Å². The first-order chi connectivity index (χ1) is 2.27. The predicted molar refractivity (Wildman–Crippen MR) is 21.8 cm³/mol. The van der Waals surface area contributed by atoms with Crippen molar-refractivity contribution >= 4 is 48.8 Å². The summed E-state index contributed by atoms with van der Waals surface area (Å²) in [5, 5.41) is 7.53. The molecule has 1 unspecified atom stereocenters. The topological polar surface area (TPSA) is 60.4 Å². The van der Waals surface area contributed by atoms with Crippen LogP contribution in [-0.4, -0.2) is 57.5 Å². The minimum absolute atomic E-state index is 0. The molecule has 0 aromatic rings. The summed E-state index contributed by atoms with van der Waals surface area (Å²) >= 11 is -2.27. The molecule has 0 aliphatic rings. The number of aliphatic hydroxyl groups excluding tert-OH is 1. The molecule has 0 amide bonds.